The van der Waals surface area contributed by atoms with Crippen LogP contribution in [0.25, 0.3) is 0 Å². The number of rotatable bonds is 0. The number of hydrogen-bond donors (Lipinski definition) is 1. The summed E-state index contributed by atoms with van der Waals surface area (Å²) in [5.41, 5.74) is 0.405. The highest BCUT2D eigenvalue weighted by Gasteiger charge is 1.97. The van der Waals surface area contributed by atoms with Crippen molar-refractivity contribution in [2.24, 2.45) is 0 Å². The Morgan fingerprint density at radius 1 is 1.50 bits per heavy atom. The summed E-state index contributed by atoms with van der Waals surface area (Å²) in [4.78, 5) is 13.4. The van der Waals surface area contributed by atoms with Crippen LogP contribution in [-0.2, 0) is 0 Å². The van der Waals surface area contributed by atoms with Crippen LogP contribution in [0.3, 0.4) is 0 Å². The SMILES string of the molecule is Cc1oc(=S)[nH]c(=O)c1C. The molecule has 4 heteroatoms. The van der Waals surface area contributed by atoms with Crippen LogP contribution in [0.15, 0.2) is 9.21 Å². The number of aromatic nitrogens is 1. The van der Waals surface area contributed by atoms with Crippen LogP contribution in [0, 0.1) is 18.7 Å². The second-order valence-electron chi connectivity index (χ2n) is 2.02. The van der Waals surface area contributed by atoms with E-state index >= 15 is 0 Å². The summed E-state index contributed by atoms with van der Waals surface area (Å²) in [6.45, 7) is 3.40. The summed E-state index contributed by atoms with van der Waals surface area (Å²) in [6.07, 6.45) is 0. The van der Waals surface area contributed by atoms with E-state index in [1.807, 2.05) is 0 Å². The fourth-order valence-electron chi connectivity index (χ4n) is 0.587. The van der Waals surface area contributed by atoms with Gasteiger partial charge in [-0.25, -0.2) is 0 Å². The van der Waals surface area contributed by atoms with Crippen molar-refractivity contribution in [3.63, 3.8) is 0 Å². The fourth-order valence-corrected chi connectivity index (χ4v) is 0.805. The zero-order chi connectivity index (χ0) is 7.72. The third-order valence-corrected chi connectivity index (χ3v) is 1.52. The first-order chi connectivity index (χ1) is 4.61. The third-order valence-electron chi connectivity index (χ3n) is 1.33. The maximum atomic E-state index is 10.9. The minimum atomic E-state index is -0.172. The van der Waals surface area contributed by atoms with Crippen molar-refractivity contribution in [3.8, 4) is 0 Å². The zero-order valence-electron chi connectivity index (χ0n) is 5.72. The monoisotopic (exact) mass is 157 g/mol. The lowest BCUT2D eigenvalue weighted by Gasteiger charge is -1.93. The van der Waals surface area contributed by atoms with Crippen LogP contribution >= 0.6 is 12.2 Å². The van der Waals surface area contributed by atoms with E-state index in [2.05, 4.69) is 17.2 Å². The van der Waals surface area contributed by atoms with Crippen LogP contribution < -0.4 is 5.56 Å². The topological polar surface area (TPSA) is 46.0 Å². The molecule has 1 N–H and O–H groups in total. The van der Waals surface area contributed by atoms with Gasteiger partial charge in [0.2, 0.25) is 0 Å². The first-order valence-electron chi connectivity index (χ1n) is 2.82. The molecule has 0 amide bonds. The van der Waals surface area contributed by atoms with Gasteiger partial charge >= 0.3 is 0 Å². The summed E-state index contributed by atoms with van der Waals surface area (Å²) < 4.78 is 4.95. The van der Waals surface area contributed by atoms with Gasteiger partial charge in [0.05, 0.1) is 5.56 Å². The Labute approximate surface area is 62.7 Å². The summed E-state index contributed by atoms with van der Waals surface area (Å²) in [7, 11) is 0. The summed E-state index contributed by atoms with van der Waals surface area (Å²) >= 11 is 4.62. The Hall–Kier alpha value is -0.900. The van der Waals surface area contributed by atoms with E-state index < -0.39 is 0 Å². The van der Waals surface area contributed by atoms with Crippen LogP contribution in [0.1, 0.15) is 11.3 Å². The molecular formula is C6H7NO2S. The Balaban J connectivity index is 3.62. The van der Waals surface area contributed by atoms with Crippen molar-refractivity contribution in [1.82, 2.24) is 4.98 Å². The van der Waals surface area contributed by atoms with E-state index in [9.17, 15) is 4.79 Å². The van der Waals surface area contributed by atoms with Gasteiger partial charge in [-0.15, -0.1) is 0 Å². The van der Waals surface area contributed by atoms with Gasteiger partial charge in [-0.2, -0.15) is 0 Å². The smallest absolute Gasteiger partial charge is 0.268 e. The number of nitrogens with one attached hydrogen (secondary N) is 1. The number of aryl methyl sites for hydroxylation is 1. The highest BCUT2D eigenvalue weighted by molar-refractivity contribution is 7.71. The van der Waals surface area contributed by atoms with Crippen LogP contribution in [0.2, 0.25) is 0 Å². The molecule has 1 aromatic heterocycles. The molecule has 0 saturated carbocycles. The molecule has 3 nitrogen and oxygen atoms in total. The number of hydrogen-bond acceptors (Lipinski definition) is 3. The summed E-state index contributed by atoms with van der Waals surface area (Å²) in [5.74, 6) is 0.578. The van der Waals surface area contributed by atoms with Crippen molar-refractivity contribution in [3.05, 3.63) is 26.5 Å². The Morgan fingerprint density at radius 3 is 2.60 bits per heavy atom. The van der Waals surface area contributed by atoms with Gasteiger partial charge in [0.1, 0.15) is 5.76 Å². The molecule has 10 heavy (non-hydrogen) atoms. The lowest BCUT2D eigenvalue weighted by Crippen LogP contribution is -2.10. The van der Waals surface area contributed by atoms with Crippen molar-refractivity contribution < 1.29 is 4.42 Å². The van der Waals surface area contributed by atoms with Gasteiger partial charge in [0.15, 0.2) is 0 Å². The molecule has 0 atom stereocenters. The van der Waals surface area contributed by atoms with Gasteiger partial charge in [-0.1, -0.05) is 0 Å². The van der Waals surface area contributed by atoms with Crippen LogP contribution in [-0.4, -0.2) is 4.98 Å². The summed E-state index contributed by atoms with van der Waals surface area (Å²) in [6, 6.07) is 0. The Kier molecular flexibility index (Phi) is 1.72. The van der Waals surface area contributed by atoms with Gasteiger partial charge in [-0.05, 0) is 26.1 Å². The van der Waals surface area contributed by atoms with E-state index in [0.29, 0.717) is 11.3 Å². The molecule has 0 spiro atoms. The van der Waals surface area contributed by atoms with E-state index in [-0.39, 0.29) is 10.4 Å². The molecule has 0 unspecified atom stereocenters. The van der Waals surface area contributed by atoms with Crippen molar-refractivity contribution >= 4 is 12.2 Å². The van der Waals surface area contributed by atoms with Gasteiger partial charge in [0, 0.05) is 0 Å². The molecule has 1 rings (SSSR count). The largest absolute Gasteiger partial charge is 0.436 e. The fraction of sp³-hybridized carbons (Fsp3) is 0.333. The molecule has 0 bridgehead atoms. The van der Waals surface area contributed by atoms with E-state index in [0.717, 1.165) is 0 Å². The third kappa shape index (κ3) is 1.16. The van der Waals surface area contributed by atoms with Gasteiger partial charge in [-0.3, -0.25) is 9.78 Å². The zero-order valence-corrected chi connectivity index (χ0v) is 6.54. The lowest BCUT2D eigenvalue weighted by atomic mass is 10.3. The molecule has 0 aliphatic carbocycles. The molecule has 0 saturated heterocycles. The quantitative estimate of drug-likeness (QED) is 0.577. The molecule has 0 fully saturated rings. The maximum Gasteiger partial charge on any atom is 0.268 e. The van der Waals surface area contributed by atoms with E-state index in [4.69, 9.17) is 4.42 Å². The van der Waals surface area contributed by atoms with Crippen LogP contribution in [0.4, 0.5) is 0 Å². The minimum absolute atomic E-state index is 0.133. The summed E-state index contributed by atoms with van der Waals surface area (Å²) in [5, 5.41) is 0. The Bertz CT molecular complexity index is 350. The molecule has 1 heterocycles. The van der Waals surface area contributed by atoms with Crippen molar-refractivity contribution in [1.29, 1.82) is 0 Å². The molecular weight excluding hydrogens is 150 g/mol. The molecule has 0 aromatic carbocycles. The number of aromatic amines is 1. The van der Waals surface area contributed by atoms with Gasteiger partial charge in [0.25, 0.3) is 10.4 Å². The Morgan fingerprint density at radius 2 is 2.10 bits per heavy atom. The second kappa shape index (κ2) is 2.38. The standard InChI is InChI=1S/C6H7NO2S/c1-3-4(2)9-6(10)7-5(3)8/h1-2H3,(H,7,8,10). The molecule has 0 radical (unpaired) electrons. The van der Waals surface area contributed by atoms with Crippen molar-refractivity contribution in [2.45, 2.75) is 13.8 Å². The molecule has 0 aliphatic heterocycles. The van der Waals surface area contributed by atoms with E-state index in [1.165, 1.54) is 0 Å². The first-order valence-corrected chi connectivity index (χ1v) is 3.22. The first kappa shape index (κ1) is 7.21. The molecule has 1 aromatic rings. The molecule has 54 valence electrons. The number of H-pyrrole nitrogens is 1. The van der Waals surface area contributed by atoms with Gasteiger partial charge < -0.3 is 4.42 Å². The minimum Gasteiger partial charge on any atom is -0.436 e. The van der Waals surface area contributed by atoms with E-state index in [1.54, 1.807) is 13.8 Å². The van der Waals surface area contributed by atoms with Crippen molar-refractivity contribution in [2.75, 3.05) is 0 Å². The highest BCUT2D eigenvalue weighted by Crippen LogP contribution is 1.97. The average Bonchev–Trinajstić information content (AvgIpc) is 1.82. The predicted octanol–water partition coefficient (Wildman–Crippen LogP) is 1.31. The normalized spacial score (nSPS) is 9.80. The highest BCUT2D eigenvalue weighted by atomic mass is 32.1. The lowest BCUT2D eigenvalue weighted by molar-refractivity contribution is 0.470. The maximum absolute atomic E-state index is 10.9. The molecule has 0 aliphatic rings. The average molecular weight is 157 g/mol. The second-order valence-corrected chi connectivity index (χ2v) is 2.40. The predicted molar refractivity (Wildman–Crippen MR) is 39.6 cm³/mol. The van der Waals surface area contributed by atoms with Crippen LogP contribution in [0.5, 0.6) is 0 Å².